The van der Waals surface area contributed by atoms with E-state index in [9.17, 15) is 4.79 Å². The number of nitrogens with one attached hydrogen (secondary N) is 1. The number of nitrogens with zero attached hydrogens (tertiary/aromatic N) is 2. The first kappa shape index (κ1) is 10.6. The molecule has 0 atom stereocenters. The van der Waals surface area contributed by atoms with E-state index in [2.05, 4.69) is 10.3 Å². The third kappa shape index (κ3) is 2.54. The number of amides is 1. The van der Waals surface area contributed by atoms with Gasteiger partial charge in [0.25, 0.3) is 5.91 Å². The number of carbonyl (C=O) groups excluding carboxylic acids is 1. The second kappa shape index (κ2) is 4.72. The van der Waals surface area contributed by atoms with Crippen LogP contribution < -0.4 is 10.1 Å². The van der Waals surface area contributed by atoms with Crippen LogP contribution in [-0.2, 0) is 11.8 Å². The fourth-order valence-corrected chi connectivity index (χ4v) is 2.42. The lowest BCUT2D eigenvalue weighted by molar-refractivity contribution is -0.122. The lowest BCUT2D eigenvalue weighted by Gasteiger charge is -2.18. The van der Waals surface area contributed by atoms with Crippen LogP contribution in [0.15, 0.2) is 16.6 Å². The van der Waals surface area contributed by atoms with Gasteiger partial charge in [-0.1, -0.05) is 0 Å². The highest BCUT2D eigenvalue weighted by molar-refractivity contribution is 7.07. The summed E-state index contributed by atoms with van der Waals surface area (Å²) >= 11 is 1.50. The third-order valence-electron chi connectivity index (χ3n) is 2.65. The molecule has 1 aliphatic heterocycles. The molecule has 4 nitrogen and oxygen atoms in total. The number of hydrogen-bond donors (Lipinski definition) is 1. The van der Waals surface area contributed by atoms with E-state index in [4.69, 9.17) is 0 Å². The van der Waals surface area contributed by atoms with Crippen molar-refractivity contribution < 1.29 is 4.79 Å². The Morgan fingerprint density at radius 3 is 2.93 bits per heavy atom. The predicted octanol–water partition coefficient (Wildman–Crippen LogP) is 0.513. The van der Waals surface area contributed by atoms with Crippen LogP contribution in [0.2, 0.25) is 0 Å². The standard InChI is InChI=1S/C10H15N3OS/c1-13-6-7-15-10(13)12-9(14)8-2-4-11-5-3-8/h6-8,11H,2-5H2,1H3. The number of rotatable bonds is 1. The largest absolute Gasteiger partial charge is 0.327 e. The summed E-state index contributed by atoms with van der Waals surface area (Å²) in [5.74, 6) is 0.155. The van der Waals surface area contributed by atoms with Gasteiger partial charge in [0.2, 0.25) is 0 Å². The maximum atomic E-state index is 11.8. The molecule has 1 fully saturated rings. The van der Waals surface area contributed by atoms with Gasteiger partial charge in [-0.25, -0.2) is 0 Å². The van der Waals surface area contributed by atoms with E-state index in [1.54, 1.807) is 0 Å². The molecule has 0 aromatic carbocycles. The number of hydrogen-bond acceptors (Lipinski definition) is 3. The first-order valence-corrected chi connectivity index (χ1v) is 6.05. The summed E-state index contributed by atoms with van der Waals surface area (Å²) in [4.78, 5) is 16.8. The molecule has 0 unspecified atom stereocenters. The lowest BCUT2D eigenvalue weighted by atomic mass is 9.98. The molecule has 2 rings (SSSR count). The summed E-state index contributed by atoms with van der Waals surface area (Å²) in [6.45, 7) is 1.87. The van der Waals surface area contributed by atoms with E-state index >= 15 is 0 Å². The summed E-state index contributed by atoms with van der Waals surface area (Å²) in [5.41, 5.74) is 0. The number of carbonyl (C=O) groups is 1. The topological polar surface area (TPSA) is 46.4 Å². The van der Waals surface area contributed by atoms with Crippen LogP contribution in [-0.4, -0.2) is 23.6 Å². The van der Waals surface area contributed by atoms with Crippen molar-refractivity contribution >= 4 is 17.2 Å². The summed E-state index contributed by atoms with van der Waals surface area (Å²) in [6, 6.07) is 0. The van der Waals surface area contributed by atoms with Crippen molar-refractivity contribution in [1.29, 1.82) is 0 Å². The maximum absolute atomic E-state index is 11.8. The van der Waals surface area contributed by atoms with Gasteiger partial charge < -0.3 is 9.88 Å². The van der Waals surface area contributed by atoms with Crippen LogP contribution in [0.1, 0.15) is 12.8 Å². The van der Waals surface area contributed by atoms with Gasteiger partial charge in [0, 0.05) is 24.5 Å². The molecule has 15 heavy (non-hydrogen) atoms. The first-order valence-electron chi connectivity index (χ1n) is 5.17. The first-order chi connectivity index (χ1) is 7.27. The van der Waals surface area contributed by atoms with E-state index < -0.39 is 0 Å². The molecule has 2 heterocycles. The molecule has 1 aliphatic rings. The van der Waals surface area contributed by atoms with Gasteiger partial charge >= 0.3 is 0 Å². The molecule has 5 heteroatoms. The number of aromatic nitrogens is 1. The predicted molar refractivity (Wildman–Crippen MR) is 59.5 cm³/mol. The second-order valence-electron chi connectivity index (χ2n) is 3.77. The van der Waals surface area contributed by atoms with Crippen molar-refractivity contribution in [2.75, 3.05) is 13.1 Å². The molecule has 1 aromatic rings. The molecule has 0 saturated carbocycles. The van der Waals surface area contributed by atoms with Gasteiger partial charge in [-0.05, 0) is 25.9 Å². The van der Waals surface area contributed by atoms with Crippen molar-refractivity contribution in [3.63, 3.8) is 0 Å². The number of piperidine rings is 1. The highest BCUT2D eigenvalue weighted by Gasteiger charge is 2.20. The molecule has 1 saturated heterocycles. The van der Waals surface area contributed by atoms with Gasteiger partial charge in [0.05, 0.1) is 0 Å². The summed E-state index contributed by atoms with van der Waals surface area (Å²) in [7, 11) is 1.91. The minimum absolute atomic E-state index is 0.0366. The molecule has 0 radical (unpaired) electrons. The normalized spacial score (nSPS) is 19.4. The van der Waals surface area contributed by atoms with Crippen molar-refractivity contribution in [3.05, 3.63) is 16.4 Å². The van der Waals surface area contributed by atoms with Crippen LogP contribution in [0.4, 0.5) is 0 Å². The number of aryl methyl sites for hydroxylation is 1. The molecule has 1 aromatic heterocycles. The van der Waals surface area contributed by atoms with Crippen LogP contribution in [0.3, 0.4) is 0 Å². The van der Waals surface area contributed by atoms with Crippen LogP contribution >= 0.6 is 11.3 Å². The third-order valence-corrected chi connectivity index (χ3v) is 3.50. The van der Waals surface area contributed by atoms with E-state index in [1.807, 2.05) is 23.2 Å². The Morgan fingerprint density at radius 1 is 1.60 bits per heavy atom. The summed E-state index contributed by atoms with van der Waals surface area (Å²) < 4.78 is 1.88. The second-order valence-corrected chi connectivity index (χ2v) is 4.64. The fourth-order valence-electron chi connectivity index (χ4n) is 1.69. The quantitative estimate of drug-likeness (QED) is 0.757. The Balaban J connectivity index is 2.12. The number of thiazole rings is 1. The fraction of sp³-hybridized carbons (Fsp3) is 0.600. The lowest BCUT2D eigenvalue weighted by Crippen LogP contribution is -2.32. The van der Waals surface area contributed by atoms with Crippen molar-refractivity contribution in [1.82, 2.24) is 9.88 Å². The molecular weight excluding hydrogens is 210 g/mol. The highest BCUT2D eigenvalue weighted by Crippen LogP contribution is 2.12. The van der Waals surface area contributed by atoms with E-state index in [-0.39, 0.29) is 11.8 Å². The Kier molecular flexibility index (Phi) is 3.33. The van der Waals surface area contributed by atoms with E-state index in [0.717, 1.165) is 30.7 Å². The average molecular weight is 225 g/mol. The van der Waals surface area contributed by atoms with Crippen LogP contribution in [0.5, 0.6) is 0 Å². The SMILES string of the molecule is Cn1ccsc1=NC(=O)C1CCNCC1. The smallest absolute Gasteiger partial charge is 0.251 e. The Hall–Kier alpha value is -0.940. The molecule has 1 amide bonds. The molecule has 1 N–H and O–H groups in total. The van der Waals surface area contributed by atoms with Gasteiger partial charge in [-0.2, -0.15) is 4.99 Å². The molecule has 0 spiro atoms. The molecule has 0 bridgehead atoms. The maximum Gasteiger partial charge on any atom is 0.251 e. The Labute approximate surface area is 92.7 Å². The van der Waals surface area contributed by atoms with Crippen LogP contribution in [0.25, 0.3) is 0 Å². The zero-order valence-electron chi connectivity index (χ0n) is 8.77. The summed E-state index contributed by atoms with van der Waals surface area (Å²) in [5, 5.41) is 5.18. The average Bonchev–Trinajstić information content (AvgIpc) is 2.66. The zero-order chi connectivity index (χ0) is 10.7. The minimum Gasteiger partial charge on any atom is -0.327 e. The monoisotopic (exact) mass is 225 g/mol. The van der Waals surface area contributed by atoms with Crippen LogP contribution in [0, 0.1) is 5.92 Å². The highest BCUT2D eigenvalue weighted by atomic mass is 32.1. The van der Waals surface area contributed by atoms with Gasteiger partial charge in [-0.15, -0.1) is 11.3 Å². The van der Waals surface area contributed by atoms with E-state index in [0.29, 0.717) is 0 Å². The van der Waals surface area contributed by atoms with Crippen molar-refractivity contribution in [2.24, 2.45) is 18.0 Å². The summed E-state index contributed by atoms with van der Waals surface area (Å²) in [6.07, 6.45) is 3.74. The zero-order valence-corrected chi connectivity index (χ0v) is 9.59. The van der Waals surface area contributed by atoms with Gasteiger partial charge in [0.15, 0.2) is 4.80 Å². The van der Waals surface area contributed by atoms with Gasteiger partial charge in [-0.3, -0.25) is 4.79 Å². The Morgan fingerprint density at radius 2 is 2.33 bits per heavy atom. The molecule has 82 valence electrons. The Bertz CT molecular complexity index is 401. The van der Waals surface area contributed by atoms with Crippen molar-refractivity contribution in [3.8, 4) is 0 Å². The molecule has 0 aliphatic carbocycles. The van der Waals surface area contributed by atoms with Gasteiger partial charge in [0.1, 0.15) is 0 Å². The van der Waals surface area contributed by atoms with Crippen molar-refractivity contribution in [2.45, 2.75) is 12.8 Å². The minimum atomic E-state index is 0.0366. The molecular formula is C10H15N3OS. The van der Waals surface area contributed by atoms with E-state index in [1.165, 1.54) is 11.3 Å².